The second kappa shape index (κ2) is 9.14. The maximum atomic E-state index is 13.0. The van der Waals surface area contributed by atoms with E-state index in [0.29, 0.717) is 11.7 Å². The molecule has 1 saturated carbocycles. The van der Waals surface area contributed by atoms with Crippen LogP contribution in [0, 0.1) is 23.1 Å². The quantitative estimate of drug-likeness (QED) is 0.396. The van der Waals surface area contributed by atoms with Crippen LogP contribution in [0.3, 0.4) is 0 Å². The van der Waals surface area contributed by atoms with Gasteiger partial charge in [-0.3, -0.25) is 4.79 Å². The van der Waals surface area contributed by atoms with Gasteiger partial charge in [0, 0.05) is 18.3 Å². The highest BCUT2D eigenvalue weighted by Crippen LogP contribution is 2.27. The van der Waals surface area contributed by atoms with Gasteiger partial charge in [0.2, 0.25) is 0 Å². The van der Waals surface area contributed by atoms with E-state index in [1.165, 1.54) is 30.5 Å². The summed E-state index contributed by atoms with van der Waals surface area (Å²) in [5.41, 5.74) is 11.8. The molecule has 0 bridgehead atoms. The molecule has 7 nitrogen and oxygen atoms in total. The first-order valence-corrected chi connectivity index (χ1v) is 8.74. The zero-order chi connectivity index (χ0) is 20.0. The van der Waals surface area contributed by atoms with E-state index in [4.69, 9.17) is 11.5 Å². The third-order valence-corrected chi connectivity index (χ3v) is 4.78. The number of rotatable bonds is 6. The average Bonchev–Trinajstić information content (AvgIpc) is 2.63. The van der Waals surface area contributed by atoms with E-state index < -0.39 is 11.7 Å². The van der Waals surface area contributed by atoms with Crippen molar-refractivity contribution < 1.29 is 9.18 Å². The van der Waals surface area contributed by atoms with Crippen molar-refractivity contribution in [2.24, 2.45) is 22.4 Å². The van der Waals surface area contributed by atoms with Crippen molar-refractivity contribution in [2.45, 2.75) is 31.3 Å². The van der Waals surface area contributed by atoms with Gasteiger partial charge in [0.1, 0.15) is 11.7 Å². The van der Waals surface area contributed by atoms with Crippen molar-refractivity contribution in [3.63, 3.8) is 0 Å². The van der Waals surface area contributed by atoms with Gasteiger partial charge in [-0.25, -0.2) is 9.38 Å². The minimum atomic E-state index is -0.735. The third kappa shape index (κ3) is 5.53. The highest BCUT2D eigenvalue weighted by Gasteiger charge is 2.31. The topological polar surface area (TPSA) is 121 Å². The SMILES string of the molecule is CN(C)[C@H]1CC[C@H](N/C=C(/C(N)=O)C(N)=Nc2ccc(F)cc2)[C@@H](C#N)C1. The van der Waals surface area contributed by atoms with Gasteiger partial charge in [-0.15, -0.1) is 0 Å². The van der Waals surface area contributed by atoms with Gasteiger partial charge in [0.25, 0.3) is 5.91 Å². The lowest BCUT2D eigenvalue weighted by Crippen LogP contribution is -2.44. The van der Waals surface area contributed by atoms with Crippen molar-refractivity contribution in [1.29, 1.82) is 5.26 Å². The molecule has 0 aromatic heterocycles. The van der Waals surface area contributed by atoms with Crippen molar-refractivity contribution >= 4 is 17.4 Å². The lowest BCUT2D eigenvalue weighted by atomic mass is 9.82. The van der Waals surface area contributed by atoms with Crippen LogP contribution in [-0.4, -0.2) is 42.8 Å². The minimum absolute atomic E-state index is 0.0192. The van der Waals surface area contributed by atoms with E-state index in [1.54, 1.807) is 0 Å². The molecule has 0 heterocycles. The first kappa shape index (κ1) is 20.4. The molecule has 0 saturated heterocycles. The Hall–Kier alpha value is -2.92. The second-order valence-corrected chi connectivity index (χ2v) is 6.83. The Morgan fingerprint density at radius 2 is 2.00 bits per heavy atom. The molecule has 0 unspecified atom stereocenters. The number of nitrogens with zero attached hydrogens (tertiary/aromatic N) is 3. The summed E-state index contributed by atoms with van der Waals surface area (Å²) in [6.45, 7) is 0. The van der Waals surface area contributed by atoms with Gasteiger partial charge in [0.15, 0.2) is 0 Å². The summed E-state index contributed by atoms with van der Waals surface area (Å²) in [6.07, 6.45) is 3.91. The average molecular weight is 372 g/mol. The van der Waals surface area contributed by atoms with Gasteiger partial charge < -0.3 is 21.7 Å². The molecule has 1 aliphatic rings. The molecule has 1 fully saturated rings. The second-order valence-electron chi connectivity index (χ2n) is 6.83. The summed E-state index contributed by atoms with van der Waals surface area (Å²) < 4.78 is 13.0. The highest BCUT2D eigenvalue weighted by molar-refractivity contribution is 6.20. The Morgan fingerprint density at radius 1 is 1.33 bits per heavy atom. The molecular formula is C19H25FN6O. The fourth-order valence-electron chi connectivity index (χ4n) is 3.14. The number of nitrogens with one attached hydrogen (secondary N) is 1. The summed E-state index contributed by atoms with van der Waals surface area (Å²) in [5.74, 6) is -1.39. The predicted octanol–water partition coefficient (Wildman–Crippen LogP) is 1.40. The van der Waals surface area contributed by atoms with Crippen LogP contribution in [-0.2, 0) is 4.79 Å². The van der Waals surface area contributed by atoms with E-state index >= 15 is 0 Å². The van der Waals surface area contributed by atoms with Gasteiger partial charge in [-0.1, -0.05) is 0 Å². The molecular weight excluding hydrogens is 347 g/mol. The van der Waals surface area contributed by atoms with E-state index in [2.05, 4.69) is 21.3 Å². The zero-order valence-electron chi connectivity index (χ0n) is 15.5. The Balaban J connectivity index is 2.14. The van der Waals surface area contributed by atoms with Crippen molar-refractivity contribution in [2.75, 3.05) is 14.1 Å². The number of nitrogens with two attached hydrogens (primary N) is 2. The number of benzene rings is 1. The molecule has 0 aliphatic heterocycles. The van der Waals surface area contributed by atoms with Crippen LogP contribution in [0.25, 0.3) is 0 Å². The van der Waals surface area contributed by atoms with Crippen molar-refractivity contribution in [3.05, 3.63) is 41.9 Å². The number of hydrogen-bond acceptors (Lipinski definition) is 5. The Labute approximate surface area is 158 Å². The molecule has 144 valence electrons. The Bertz CT molecular complexity index is 765. The molecule has 1 aromatic carbocycles. The predicted molar refractivity (Wildman–Crippen MR) is 102 cm³/mol. The summed E-state index contributed by atoms with van der Waals surface area (Å²) in [4.78, 5) is 18.0. The molecule has 3 atom stereocenters. The summed E-state index contributed by atoms with van der Waals surface area (Å²) in [7, 11) is 4.01. The molecule has 2 rings (SSSR count). The van der Waals surface area contributed by atoms with Gasteiger partial charge in [-0.05, 0) is 57.6 Å². The summed E-state index contributed by atoms with van der Waals surface area (Å²) in [6, 6.07) is 7.99. The summed E-state index contributed by atoms with van der Waals surface area (Å²) >= 11 is 0. The smallest absolute Gasteiger partial charge is 0.253 e. The molecule has 0 spiro atoms. The van der Waals surface area contributed by atoms with Crippen LogP contribution in [0.5, 0.6) is 0 Å². The molecule has 1 aliphatic carbocycles. The standard InChI is InChI=1S/C19H25FN6O/c1-26(2)15-7-8-17(12(9-15)10-21)24-11-16(19(23)27)18(22)25-14-5-3-13(20)4-6-14/h3-6,11-12,15,17,24H,7-9H2,1-2H3,(H2,22,25)(H2,23,27)/b16-11+/t12-,15+,17+/m1/s1. The number of amides is 1. The number of halogens is 1. The van der Waals surface area contributed by atoms with Crippen LogP contribution in [0.2, 0.25) is 0 Å². The molecule has 27 heavy (non-hydrogen) atoms. The lowest BCUT2D eigenvalue weighted by molar-refractivity contribution is -0.114. The maximum Gasteiger partial charge on any atom is 0.253 e. The van der Waals surface area contributed by atoms with Crippen LogP contribution in [0.15, 0.2) is 41.0 Å². The summed E-state index contributed by atoms with van der Waals surface area (Å²) in [5, 5.41) is 12.6. The minimum Gasteiger partial charge on any atom is -0.386 e. The number of carbonyl (C=O) groups excluding carboxylic acids is 1. The number of aliphatic imine (C=N–C) groups is 1. The van der Waals surface area contributed by atoms with Gasteiger partial charge in [0.05, 0.1) is 23.2 Å². The zero-order valence-corrected chi connectivity index (χ0v) is 15.5. The van der Waals surface area contributed by atoms with Crippen LogP contribution >= 0.6 is 0 Å². The fourth-order valence-corrected chi connectivity index (χ4v) is 3.14. The lowest BCUT2D eigenvalue weighted by Gasteiger charge is -2.36. The van der Waals surface area contributed by atoms with Crippen LogP contribution in [0.4, 0.5) is 10.1 Å². The largest absolute Gasteiger partial charge is 0.386 e. The van der Waals surface area contributed by atoms with Crippen LogP contribution in [0.1, 0.15) is 19.3 Å². The van der Waals surface area contributed by atoms with Crippen LogP contribution < -0.4 is 16.8 Å². The third-order valence-electron chi connectivity index (χ3n) is 4.78. The number of carbonyl (C=O) groups is 1. The molecule has 0 radical (unpaired) electrons. The monoisotopic (exact) mass is 372 g/mol. The van der Waals surface area contributed by atoms with Gasteiger partial charge >= 0.3 is 0 Å². The maximum absolute atomic E-state index is 13.0. The highest BCUT2D eigenvalue weighted by atomic mass is 19.1. The number of nitriles is 1. The molecule has 5 N–H and O–H groups in total. The number of primary amides is 1. The normalized spacial score (nSPS) is 23.7. The van der Waals surface area contributed by atoms with E-state index in [-0.39, 0.29) is 23.4 Å². The Morgan fingerprint density at radius 3 is 2.56 bits per heavy atom. The van der Waals surface area contributed by atoms with E-state index in [9.17, 15) is 14.4 Å². The number of amidine groups is 1. The molecule has 1 aromatic rings. The van der Waals surface area contributed by atoms with E-state index in [1.807, 2.05) is 14.1 Å². The first-order valence-electron chi connectivity index (χ1n) is 8.74. The fraction of sp³-hybridized carbons (Fsp3) is 0.421. The number of hydrogen-bond donors (Lipinski definition) is 3. The molecule has 1 amide bonds. The van der Waals surface area contributed by atoms with Gasteiger partial charge in [-0.2, -0.15) is 5.26 Å². The van der Waals surface area contributed by atoms with E-state index in [0.717, 1.165) is 19.3 Å². The Kier molecular flexibility index (Phi) is 6.91. The first-order chi connectivity index (χ1) is 12.8. The molecule has 8 heteroatoms. The van der Waals surface area contributed by atoms with Crippen molar-refractivity contribution in [1.82, 2.24) is 10.2 Å². The van der Waals surface area contributed by atoms with Crippen molar-refractivity contribution in [3.8, 4) is 6.07 Å².